The van der Waals surface area contributed by atoms with Gasteiger partial charge in [-0.15, -0.1) is 21.5 Å². The van der Waals surface area contributed by atoms with Crippen LogP contribution >= 0.6 is 46.3 Å². The number of thioether (sulfide) groups is 1. The molecule has 4 rings (SSSR count). The van der Waals surface area contributed by atoms with Crippen LogP contribution in [0.1, 0.15) is 30.7 Å². The second kappa shape index (κ2) is 9.30. The summed E-state index contributed by atoms with van der Waals surface area (Å²) in [4.78, 5) is 13.9. The van der Waals surface area contributed by atoms with Crippen LogP contribution in [0.15, 0.2) is 28.7 Å². The van der Waals surface area contributed by atoms with Gasteiger partial charge in [0.2, 0.25) is 5.91 Å². The summed E-state index contributed by atoms with van der Waals surface area (Å²) in [5.41, 5.74) is 3.20. The Bertz CT molecular complexity index is 1060. The molecule has 1 amide bonds. The van der Waals surface area contributed by atoms with Crippen LogP contribution in [0.5, 0.6) is 0 Å². The van der Waals surface area contributed by atoms with Gasteiger partial charge in [-0.1, -0.05) is 41.9 Å². The molecule has 1 aliphatic rings. The fourth-order valence-corrected chi connectivity index (χ4v) is 6.27. The molecule has 9 heteroatoms. The predicted molar refractivity (Wildman–Crippen MR) is 126 cm³/mol. The average Bonchev–Trinajstić information content (AvgIpc) is 3.28. The van der Waals surface area contributed by atoms with E-state index in [1.165, 1.54) is 34.2 Å². The van der Waals surface area contributed by atoms with Crippen molar-refractivity contribution in [3.8, 4) is 11.4 Å². The summed E-state index contributed by atoms with van der Waals surface area (Å²) in [7, 11) is 0. The fraction of sp³-hybridized carbons (Fsp3) is 0.381. The van der Waals surface area contributed by atoms with E-state index in [4.69, 9.17) is 23.2 Å². The summed E-state index contributed by atoms with van der Waals surface area (Å²) >= 11 is 15.2. The molecular formula is C21H22Cl2N4OS2. The number of hydrogen-bond donors (Lipinski definition) is 1. The first kappa shape index (κ1) is 21.7. The Morgan fingerprint density at radius 1 is 1.30 bits per heavy atom. The second-order valence-electron chi connectivity index (χ2n) is 7.44. The molecule has 0 fully saturated rings. The Hall–Kier alpha value is -1.54. The number of benzene rings is 1. The van der Waals surface area contributed by atoms with Gasteiger partial charge in [-0.25, -0.2) is 0 Å². The lowest BCUT2D eigenvalue weighted by atomic mass is 9.88. The van der Waals surface area contributed by atoms with E-state index in [1.807, 2.05) is 11.3 Å². The van der Waals surface area contributed by atoms with Crippen molar-refractivity contribution in [3.63, 3.8) is 0 Å². The highest BCUT2D eigenvalue weighted by Gasteiger charge is 2.24. The minimum Gasteiger partial charge on any atom is -0.325 e. The lowest BCUT2D eigenvalue weighted by molar-refractivity contribution is -0.113. The topological polar surface area (TPSA) is 59.8 Å². The van der Waals surface area contributed by atoms with Crippen molar-refractivity contribution in [2.45, 2.75) is 44.8 Å². The molecule has 1 N–H and O–H groups in total. The molecule has 0 aliphatic heterocycles. The molecule has 1 atom stereocenters. The minimum absolute atomic E-state index is 0.146. The minimum atomic E-state index is -0.146. The van der Waals surface area contributed by atoms with Gasteiger partial charge >= 0.3 is 0 Å². The first-order chi connectivity index (χ1) is 14.4. The molecule has 3 aromatic rings. The van der Waals surface area contributed by atoms with Crippen LogP contribution in [0.4, 0.5) is 5.69 Å². The van der Waals surface area contributed by atoms with Crippen LogP contribution in [0.2, 0.25) is 10.0 Å². The number of nitrogens with one attached hydrogen (secondary N) is 1. The van der Waals surface area contributed by atoms with E-state index in [9.17, 15) is 4.79 Å². The Kier molecular flexibility index (Phi) is 6.72. The standard InChI is InChI=1S/C21H22Cl2N4OS2/c1-3-27-20(17-10-29-18-6-12(2)4-5-16(17)18)25-26-21(27)30-11-19(28)24-15-8-13(22)7-14(23)9-15/h7-10,12H,3-6,11H2,1-2H3,(H,24,28). The predicted octanol–water partition coefficient (Wildman–Crippen LogP) is 6.19. The highest BCUT2D eigenvalue weighted by molar-refractivity contribution is 7.99. The molecule has 5 nitrogen and oxygen atoms in total. The van der Waals surface area contributed by atoms with Crippen molar-refractivity contribution in [1.82, 2.24) is 14.8 Å². The monoisotopic (exact) mass is 480 g/mol. The van der Waals surface area contributed by atoms with Gasteiger partial charge in [0.15, 0.2) is 11.0 Å². The van der Waals surface area contributed by atoms with Gasteiger partial charge in [0.05, 0.1) is 5.75 Å². The summed E-state index contributed by atoms with van der Waals surface area (Å²) in [6, 6.07) is 4.97. The SMILES string of the molecule is CCn1c(SCC(=O)Nc2cc(Cl)cc(Cl)c2)nnc1-c1csc2c1CCC(C)C2. The number of halogens is 2. The van der Waals surface area contributed by atoms with Crippen molar-refractivity contribution < 1.29 is 4.79 Å². The Balaban J connectivity index is 1.47. The van der Waals surface area contributed by atoms with Gasteiger partial charge in [-0.3, -0.25) is 4.79 Å². The van der Waals surface area contributed by atoms with E-state index in [-0.39, 0.29) is 11.7 Å². The molecule has 0 radical (unpaired) electrons. The first-order valence-corrected chi connectivity index (χ1v) is 12.5. The number of carbonyl (C=O) groups excluding carboxylic acids is 1. The van der Waals surface area contributed by atoms with Crippen LogP contribution in [0.25, 0.3) is 11.4 Å². The number of amides is 1. The van der Waals surface area contributed by atoms with Crippen LogP contribution < -0.4 is 5.32 Å². The molecule has 1 unspecified atom stereocenters. The van der Waals surface area contributed by atoms with Gasteiger partial charge in [0, 0.05) is 38.1 Å². The Labute approximate surface area is 194 Å². The largest absolute Gasteiger partial charge is 0.325 e. The fourth-order valence-electron chi connectivity index (χ4n) is 3.70. The van der Waals surface area contributed by atoms with Crippen LogP contribution in [-0.4, -0.2) is 26.4 Å². The molecule has 1 aromatic carbocycles. The normalized spacial score (nSPS) is 15.8. The summed E-state index contributed by atoms with van der Waals surface area (Å²) < 4.78 is 2.09. The number of hydrogen-bond acceptors (Lipinski definition) is 5. The molecule has 0 saturated carbocycles. The summed E-state index contributed by atoms with van der Waals surface area (Å²) in [6.07, 6.45) is 3.46. The van der Waals surface area contributed by atoms with E-state index >= 15 is 0 Å². The maximum Gasteiger partial charge on any atom is 0.234 e. The Morgan fingerprint density at radius 2 is 2.07 bits per heavy atom. The third-order valence-electron chi connectivity index (χ3n) is 5.15. The third-order valence-corrected chi connectivity index (χ3v) is 7.61. The van der Waals surface area contributed by atoms with E-state index < -0.39 is 0 Å². The van der Waals surface area contributed by atoms with Crippen molar-refractivity contribution >= 4 is 57.9 Å². The number of aromatic nitrogens is 3. The molecule has 0 spiro atoms. The van der Waals surface area contributed by atoms with Gasteiger partial charge in [-0.2, -0.15) is 0 Å². The van der Waals surface area contributed by atoms with Gasteiger partial charge in [-0.05, 0) is 55.9 Å². The molecule has 2 heterocycles. The van der Waals surface area contributed by atoms with Gasteiger partial charge in [0.25, 0.3) is 0 Å². The number of nitrogens with zero attached hydrogens (tertiary/aromatic N) is 3. The van der Waals surface area contributed by atoms with Crippen LogP contribution in [0.3, 0.4) is 0 Å². The van der Waals surface area contributed by atoms with E-state index in [2.05, 4.69) is 39.3 Å². The summed E-state index contributed by atoms with van der Waals surface area (Å²) in [5.74, 6) is 1.72. The zero-order chi connectivity index (χ0) is 21.3. The molecule has 0 bridgehead atoms. The number of thiophene rings is 1. The number of fused-ring (bicyclic) bond motifs is 1. The van der Waals surface area contributed by atoms with Crippen LogP contribution in [-0.2, 0) is 24.2 Å². The third kappa shape index (κ3) is 4.69. The van der Waals surface area contributed by atoms with E-state index in [1.54, 1.807) is 18.2 Å². The van der Waals surface area contributed by atoms with Crippen molar-refractivity contribution in [2.24, 2.45) is 5.92 Å². The first-order valence-electron chi connectivity index (χ1n) is 9.86. The van der Waals surface area contributed by atoms with E-state index in [0.717, 1.165) is 36.3 Å². The smallest absolute Gasteiger partial charge is 0.234 e. The average molecular weight is 481 g/mol. The maximum absolute atomic E-state index is 12.4. The Morgan fingerprint density at radius 3 is 2.80 bits per heavy atom. The number of carbonyl (C=O) groups is 1. The van der Waals surface area contributed by atoms with Crippen LogP contribution in [0, 0.1) is 5.92 Å². The lowest BCUT2D eigenvalue weighted by Gasteiger charge is -2.19. The van der Waals surface area contributed by atoms with Gasteiger partial charge < -0.3 is 9.88 Å². The van der Waals surface area contributed by atoms with E-state index in [0.29, 0.717) is 15.7 Å². The molecule has 30 heavy (non-hydrogen) atoms. The maximum atomic E-state index is 12.4. The number of rotatable bonds is 6. The zero-order valence-corrected chi connectivity index (χ0v) is 19.9. The number of anilines is 1. The summed E-state index contributed by atoms with van der Waals surface area (Å²) in [6.45, 7) is 5.14. The summed E-state index contributed by atoms with van der Waals surface area (Å²) in [5, 5.41) is 15.6. The quantitative estimate of drug-likeness (QED) is 0.427. The van der Waals surface area contributed by atoms with Crippen molar-refractivity contribution in [2.75, 3.05) is 11.1 Å². The molecule has 1 aliphatic carbocycles. The highest BCUT2D eigenvalue weighted by atomic mass is 35.5. The van der Waals surface area contributed by atoms with Crippen molar-refractivity contribution in [3.05, 3.63) is 44.1 Å². The molecular weight excluding hydrogens is 459 g/mol. The molecule has 2 aromatic heterocycles. The highest BCUT2D eigenvalue weighted by Crippen LogP contribution is 2.38. The molecule has 0 saturated heterocycles. The van der Waals surface area contributed by atoms with Gasteiger partial charge in [0.1, 0.15) is 0 Å². The van der Waals surface area contributed by atoms with Crippen molar-refractivity contribution in [1.29, 1.82) is 0 Å². The lowest BCUT2D eigenvalue weighted by Crippen LogP contribution is -2.14. The molecule has 158 valence electrons. The second-order valence-corrected chi connectivity index (χ2v) is 10.2. The zero-order valence-electron chi connectivity index (χ0n) is 16.7.